The number of hydrogen-bond acceptors (Lipinski definition) is 2. The van der Waals surface area contributed by atoms with Crippen molar-refractivity contribution in [3.8, 4) is 0 Å². The van der Waals surface area contributed by atoms with E-state index in [0.29, 0.717) is 18.8 Å². The summed E-state index contributed by atoms with van der Waals surface area (Å²) in [6.07, 6.45) is 5.52. The van der Waals surface area contributed by atoms with Gasteiger partial charge in [-0.25, -0.2) is 0 Å². The van der Waals surface area contributed by atoms with Gasteiger partial charge in [-0.05, 0) is 12.0 Å². The molecule has 2 heteroatoms. The van der Waals surface area contributed by atoms with Gasteiger partial charge in [-0.2, -0.15) is 0 Å². The van der Waals surface area contributed by atoms with Gasteiger partial charge in [0.05, 0.1) is 12.7 Å². The van der Waals surface area contributed by atoms with Crippen LogP contribution in [-0.4, -0.2) is 25.3 Å². The van der Waals surface area contributed by atoms with E-state index in [9.17, 15) is 0 Å². The predicted octanol–water partition coefficient (Wildman–Crippen LogP) is 3.49. The second-order valence-electron chi connectivity index (χ2n) is 4.74. The van der Waals surface area contributed by atoms with Gasteiger partial charge in [0.25, 0.3) is 0 Å². The van der Waals surface area contributed by atoms with E-state index in [-0.39, 0.29) is 0 Å². The molecule has 0 saturated heterocycles. The summed E-state index contributed by atoms with van der Waals surface area (Å²) in [5.41, 5.74) is 1.22. The molecule has 100 valence electrons. The molecule has 1 aromatic rings. The molecule has 0 radical (unpaired) electrons. The van der Waals surface area contributed by atoms with E-state index in [0.717, 1.165) is 13.0 Å². The number of rotatable bonds is 8. The molecule has 0 heterocycles. The predicted molar refractivity (Wildman–Crippen MR) is 78.6 cm³/mol. The number of benzene rings is 1. The quantitative estimate of drug-likeness (QED) is 0.759. The zero-order chi connectivity index (χ0) is 13.2. The summed E-state index contributed by atoms with van der Waals surface area (Å²) in [6, 6.07) is 10.8. The van der Waals surface area contributed by atoms with Crippen LogP contribution in [-0.2, 0) is 4.74 Å². The largest absolute Gasteiger partial charge is 0.373 e. The molecule has 18 heavy (non-hydrogen) atoms. The van der Waals surface area contributed by atoms with E-state index in [4.69, 9.17) is 4.74 Å². The van der Waals surface area contributed by atoms with Crippen molar-refractivity contribution >= 4 is 6.08 Å². The minimum atomic E-state index is 0.299. The number of hydrogen-bond donors (Lipinski definition) is 1. The SMILES string of the molecule is CCC(CNC(C)C)OCC=Cc1ccccc1. The summed E-state index contributed by atoms with van der Waals surface area (Å²) in [5, 5.41) is 3.41. The first kappa shape index (κ1) is 14.9. The van der Waals surface area contributed by atoms with Gasteiger partial charge in [-0.3, -0.25) is 0 Å². The van der Waals surface area contributed by atoms with Gasteiger partial charge >= 0.3 is 0 Å². The number of nitrogens with one attached hydrogen (secondary N) is 1. The van der Waals surface area contributed by atoms with Crippen LogP contribution in [0.3, 0.4) is 0 Å². The van der Waals surface area contributed by atoms with Crippen LogP contribution >= 0.6 is 0 Å². The lowest BCUT2D eigenvalue weighted by atomic mass is 10.2. The Bertz CT molecular complexity index is 332. The molecule has 1 unspecified atom stereocenters. The van der Waals surface area contributed by atoms with Gasteiger partial charge in [-0.1, -0.05) is 63.3 Å². The van der Waals surface area contributed by atoms with Gasteiger partial charge in [0.2, 0.25) is 0 Å². The fraction of sp³-hybridized carbons (Fsp3) is 0.500. The summed E-state index contributed by atoms with van der Waals surface area (Å²) in [4.78, 5) is 0. The van der Waals surface area contributed by atoms with Crippen molar-refractivity contribution in [2.45, 2.75) is 39.3 Å². The van der Waals surface area contributed by atoms with E-state index in [1.165, 1.54) is 5.56 Å². The van der Waals surface area contributed by atoms with Gasteiger partial charge in [0.15, 0.2) is 0 Å². The second-order valence-corrected chi connectivity index (χ2v) is 4.74. The van der Waals surface area contributed by atoms with Crippen molar-refractivity contribution in [2.24, 2.45) is 0 Å². The molecule has 0 saturated carbocycles. The normalized spacial score (nSPS) is 13.3. The summed E-state index contributed by atoms with van der Waals surface area (Å²) in [6.45, 7) is 8.07. The fourth-order valence-corrected chi connectivity index (χ4v) is 1.63. The van der Waals surface area contributed by atoms with Crippen molar-refractivity contribution < 1.29 is 4.74 Å². The Morgan fingerprint density at radius 3 is 2.56 bits per heavy atom. The van der Waals surface area contributed by atoms with Gasteiger partial charge in [0, 0.05) is 12.6 Å². The van der Waals surface area contributed by atoms with Crippen molar-refractivity contribution in [3.63, 3.8) is 0 Å². The molecule has 1 aromatic carbocycles. The van der Waals surface area contributed by atoms with Crippen LogP contribution in [0.5, 0.6) is 0 Å². The Kier molecular flexibility index (Phi) is 7.38. The number of ether oxygens (including phenoxy) is 1. The minimum absolute atomic E-state index is 0.299. The Morgan fingerprint density at radius 1 is 1.22 bits per heavy atom. The van der Waals surface area contributed by atoms with E-state index in [1.807, 2.05) is 18.2 Å². The summed E-state index contributed by atoms with van der Waals surface area (Å²) < 4.78 is 5.81. The van der Waals surface area contributed by atoms with E-state index >= 15 is 0 Å². The van der Waals surface area contributed by atoms with E-state index in [2.05, 4.69) is 50.4 Å². The molecular formula is C16H25NO. The molecule has 0 aromatic heterocycles. The van der Waals surface area contributed by atoms with Gasteiger partial charge in [-0.15, -0.1) is 0 Å². The Balaban J connectivity index is 2.24. The topological polar surface area (TPSA) is 21.3 Å². The maximum atomic E-state index is 5.81. The average Bonchev–Trinajstić information content (AvgIpc) is 2.39. The molecule has 0 amide bonds. The maximum absolute atomic E-state index is 5.81. The third kappa shape index (κ3) is 6.58. The standard InChI is InChI=1S/C16H25NO/c1-4-16(13-17-14(2)3)18-12-8-11-15-9-6-5-7-10-15/h5-11,14,16-17H,4,12-13H2,1-3H3. The molecule has 0 aliphatic carbocycles. The smallest absolute Gasteiger partial charge is 0.0701 e. The highest BCUT2D eigenvalue weighted by atomic mass is 16.5. The van der Waals surface area contributed by atoms with Gasteiger partial charge < -0.3 is 10.1 Å². The fourth-order valence-electron chi connectivity index (χ4n) is 1.63. The minimum Gasteiger partial charge on any atom is -0.373 e. The summed E-state index contributed by atoms with van der Waals surface area (Å²) in [5.74, 6) is 0. The van der Waals surface area contributed by atoms with Crippen LogP contribution in [0.25, 0.3) is 6.08 Å². The zero-order valence-corrected chi connectivity index (χ0v) is 11.7. The molecule has 0 bridgehead atoms. The Labute approximate surface area is 111 Å². The molecule has 1 N–H and O–H groups in total. The van der Waals surface area contributed by atoms with Gasteiger partial charge in [0.1, 0.15) is 0 Å². The lowest BCUT2D eigenvalue weighted by Crippen LogP contribution is -2.33. The highest BCUT2D eigenvalue weighted by Gasteiger charge is 2.05. The highest BCUT2D eigenvalue weighted by Crippen LogP contribution is 2.02. The average molecular weight is 247 g/mol. The first-order valence-electron chi connectivity index (χ1n) is 6.79. The van der Waals surface area contributed by atoms with Crippen LogP contribution in [0.4, 0.5) is 0 Å². The molecule has 0 fully saturated rings. The van der Waals surface area contributed by atoms with Crippen LogP contribution in [0.1, 0.15) is 32.8 Å². The molecule has 0 aliphatic heterocycles. The molecule has 1 rings (SSSR count). The van der Waals surface area contributed by atoms with Crippen LogP contribution in [0.2, 0.25) is 0 Å². The highest BCUT2D eigenvalue weighted by molar-refractivity contribution is 5.48. The Morgan fingerprint density at radius 2 is 1.94 bits per heavy atom. The summed E-state index contributed by atoms with van der Waals surface area (Å²) >= 11 is 0. The third-order valence-corrected chi connectivity index (χ3v) is 2.75. The lowest BCUT2D eigenvalue weighted by Gasteiger charge is -2.17. The third-order valence-electron chi connectivity index (χ3n) is 2.75. The molecule has 0 spiro atoms. The second kappa shape index (κ2) is 8.90. The molecular weight excluding hydrogens is 222 g/mol. The monoisotopic (exact) mass is 247 g/mol. The van der Waals surface area contributed by atoms with E-state index < -0.39 is 0 Å². The van der Waals surface area contributed by atoms with Crippen molar-refractivity contribution in [3.05, 3.63) is 42.0 Å². The van der Waals surface area contributed by atoms with Crippen molar-refractivity contribution in [1.29, 1.82) is 0 Å². The van der Waals surface area contributed by atoms with Crippen LogP contribution < -0.4 is 5.32 Å². The first-order valence-corrected chi connectivity index (χ1v) is 6.79. The molecule has 0 aliphatic rings. The van der Waals surface area contributed by atoms with Crippen LogP contribution in [0, 0.1) is 0 Å². The van der Waals surface area contributed by atoms with Crippen molar-refractivity contribution in [2.75, 3.05) is 13.2 Å². The first-order chi connectivity index (χ1) is 8.72. The summed E-state index contributed by atoms with van der Waals surface area (Å²) in [7, 11) is 0. The van der Waals surface area contributed by atoms with Crippen LogP contribution in [0.15, 0.2) is 36.4 Å². The maximum Gasteiger partial charge on any atom is 0.0701 e. The lowest BCUT2D eigenvalue weighted by molar-refractivity contribution is 0.0700. The molecule has 1 atom stereocenters. The Hall–Kier alpha value is -1.12. The molecule has 2 nitrogen and oxygen atoms in total. The van der Waals surface area contributed by atoms with Crippen molar-refractivity contribution in [1.82, 2.24) is 5.32 Å². The zero-order valence-electron chi connectivity index (χ0n) is 11.7. The van der Waals surface area contributed by atoms with E-state index in [1.54, 1.807) is 0 Å².